The van der Waals surface area contributed by atoms with Crippen molar-refractivity contribution in [1.82, 2.24) is 0 Å². The number of sulfonamides is 1. The molecule has 7 heteroatoms. The van der Waals surface area contributed by atoms with Gasteiger partial charge in [-0.25, -0.2) is 12.8 Å². The van der Waals surface area contributed by atoms with Gasteiger partial charge in [-0.2, -0.15) is 0 Å². The zero-order valence-electron chi connectivity index (χ0n) is 14.1. The molecule has 0 spiro atoms. The minimum absolute atomic E-state index is 0.0622. The average molecular weight is 363 g/mol. The second-order valence-electron chi connectivity index (χ2n) is 6.83. The minimum Gasteiger partial charge on any atom is -0.485 e. The number of nitrogens with zero attached hydrogens (tertiary/aromatic N) is 1. The number of hydrogen-bond acceptors (Lipinski definition) is 4. The molecule has 0 aromatic heterocycles. The standard InChI is InChI=1S/C18H18FNO4S/c1-18(2)17-16(23-17)14-10-13(8-9-15(14)24-18)25(21,22)20(3)12-6-4-11(19)5-7-12/h4-10,16-17H,1-3H3. The molecule has 2 unspecified atom stereocenters. The van der Waals surface area contributed by atoms with Gasteiger partial charge in [-0.15, -0.1) is 0 Å². The van der Waals surface area contributed by atoms with E-state index >= 15 is 0 Å². The number of benzene rings is 2. The van der Waals surface area contributed by atoms with E-state index in [1.165, 1.54) is 37.4 Å². The molecule has 2 aliphatic heterocycles. The molecule has 5 nitrogen and oxygen atoms in total. The number of ether oxygens (including phenoxy) is 2. The van der Waals surface area contributed by atoms with Crippen LogP contribution in [0.15, 0.2) is 47.4 Å². The second-order valence-corrected chi connectivity index (χ2v) is 8.80. The molecule has 0 aliphatic carbocycles. The Balaban J connectivity index is 1.70. The fourth-order valence-electron chi connectivity index (χ4n) is 3.17. The van der Waals surface area contributed by atoms with E-state index in [4.69, 9.17) is 9.47 Å². The predicted octanol–water partition coefficient (Wildman–Crippen LogP) is 3.26. The van der Waals surface area contributed by atoms with E-state index in [2.05, 4.69) is 0 Å². The van der Waals surface area contributed by atoms with Crippen molar-refractivity contribution >= 4 is 15.7 Å². The topological polar surface area (TPSA) is 59.1 Å². The van der Waals surface area contributed by atoms with Crippen molar-refractivity contribution in [2.45, 2.75) is 36.6 Å². The Kier molecular flexibility index (Phi) is 3.39. The summed E-state index contributed by atoms with van der Waals surface area (Å²) in [4.78, 5) is 0.149. The van der Waals surface area contributed by atoms with Crippen molar-refractivity contribution in [2.24, 2.45) is 0 Å². The van der Waals surface area contributed by atoms with Crippen LogP contribution >= 0.6 is 0 Å². The molecular weight excluding hydrogens is 345 g/mol. The molecule has 0 radical (unpaired) electrons. The first kappa shape index (κ1) is 16.4. The summed E-state index contributed by atoms with van der Waals surface area (Å²) in [6.45, 7) is 3.90. The maximum Gasteiger partial charge on any atom is 0.264 e. The van der Waals surface area contributed by atoms with Gasteiger partial charge in [0.05, 0.1) is 10.6 Å². The molecule has 0 amide bonds. The van der Waals surface area contributed by atoms with Crippen LogP contribution in [0.5, 0.6) is 5.75 Å². The summed E-state index contributed by atoms with van der Waals surface area (Å²) in [5.41, 5.74) is 0.707. The van der Waals surface area contributed by atoms with Gasteiger partial charge in [0.1, 0.15) is 29.4 Å². The molecule has 0 saturated carbocycles. The molecule has 0 N–H and O–H groups in total. The summed E-state index contributed by atoms with van der Waals surface area (Å²) in [6, 6.07) is 10.1. The summed E-state index contributed by atoms with van der Waals surface area (Å²) in [5, 5.41) is 0. The molecule has 1 fully saturated rings. The van der Waals surface area contributed by atoms with E-state index in [1.807, 2.05) is 13.8 Å². The predicted molar refractivity (Wildman–Crippen MR) is 90.8 cm³/mol. The van der Waals surface area contributed by atoms with Gasteiger partial charge in [0.15, 0.2) is 0 Å². The molecule has 2 heterocycles. The number of rotatable bonds is 3. The van der Waals surface area contributed by atoms with Gasteiger partial charge in [0.2, 0.25) is 0 Å². The molecule has 2 aliphatic rings. The molecule has 132 valence electrons. The maximum absolute atomic E-state index is 13.1. The Labute approximate surface area is 146 Å². The lowest BCUT2D eigenvalue weighted by molar-refractivity contribution is 0.0724. The van der Waals surface area contributed by atoms with E-state index in [0.29, 0.717) is 11.4 Å². The molecule has 25 heavy (non-hydrogen) atoms. The van der Waals surface area contributed by atoms with Gasteiger partial charge >= 0.3 is 0 Å². The third-order valence-electron chi connectivity index (χ3n) is 4.69. The average Bonchev–Trinajstić information content (AvgIpc) is 3.36. The highest BCUT2D eigenvalue weighted by atomic mass is 32.2. The van der Waals surface area contributed by atoms with Crippen LogP contribution in [0, 0.1) is 5.82 Å². The summed E-state index contributed by atoms with van der Waals surface area (Å²) < 4.78 is 51.6. The normalized spacial score (nSPS) is 23.2. The van der Waals surface area contributed by atoms with Crippen LogP contribution in [0.25, 0.3) is 0 Å². The first-order chi connectivity index (χ1) is 11.7. The lowest BCUT2D eigenvalue weighted by Gasteiger charge is -2.30. The number of anilines is 1. The van der Waals surface area contributed by atoms with Crippen molar-refractivity contribution in [3.05, 3.63) is 53.8 Å². The van der Waals surface area contributed by atoms with Crippen LogP contribution in [-0.2, 0) is 14.8 Å². The Hall–Kier alpha value is -2.12. The van der Waals surface area contributed by atoms with Gasteiger partial charge in [0.25, 0.3) is 10.0 Å². The number of hydrogen-bond donors (Lipinski definition) is 0. The van der Waals surface area contributed by atoms with Crippen molar-refractivity contribution in [2.75, 3.05) is 11.4 Å². The largest absolute Gasteiger partial charge is 0.485 e. The Bertz CT molecular complexity index is 940. The van der Waals surface area contributed by atoms with E-state index < -0.39 is 21.4 Å². The molecule has 0 bridgehead atoms. The number of fused-ring (bicyclic) bond motifs is 3. The molecule has 4 rings (SSSR count). The zero-order valence-corrected chi connectivity index (χ0v) is 14.9. The highest BCUT2D eigenvalue weighted by Gasteiger charge is 2.56. The fraction of sp³-hybridized carbons (Fsp3) is 0.333. The molecule has 2 atom stereocenters. The second kappa shape index (κ2) is 5.19. The first-order valence-corrected chi connectivity index (χ1v) is 9.37. The van der Waals surface area contributed by atoms with Crippen molar-refractivity contribution < 1.29 is 22.3 Å². The van der Waals surface area contributed by atoms with Crippen LogP contribution in [0.4, 0.5) is 10.1 Å². The summed E-state index contributed by atoms with van der Waals surface area (Å²) in [5.74, 6) is 0.229. The number of halogens is 1. The lowest BCUT2D eigenvalue weighted by Crippen LogP contribution is -2.37. The van der Waals surface area contributed by atoms with E-state index in [9.17, 15) is 12.8 Å². The van der Waals surface area contributed by atoms with Crippen LogP contribution in [0.2, 0.25) is 0 Å². The van der Waals surface area contributed by atoms with Crippen molar-refractivity contribution in [3.8, 4) is 5.75 Å². The molecule has 2 aromatic carbocycles. The van der Waals surface area contributed by atoms with Crippen LogP contribution in [0.3, 0.4) is 0 Å². The summed E-state index contributed by atoms with van der Waals surface area (Å²) in [7, 11) is -2.33. The quantitative estimate of drug-likeness (QED) is 0.786. The summed E-state index contributed by atoms with van der Waals surface area (Å²) >= 11 is 0. The van der Waals surface area contributed by atoms with Gasteiger partial charge in [0, 0.05) is 12.6 Å². The minimum atomic E-state index is -3.77. The highest BCUT2D eigenvalue weighted by Crippen LogP contribution is 2.54. The van der Waals surface area contributed by atoms with E-state index in [-0.39, 0.29) is 17.1 Å². The van der Waals surface area contributed by atoms with Gasteiger partial charge in [-0.3, -0.25) is 4.31 Å². The monoisotopic (exact) mass is 363 g/mol. The zero-order chi connectivity index (χ0) is 18.0. The number of epoxide rings is 1. The van der Waals surface area contributed by atoms with Crippen LogP contribution in [-0.4, -0.2) is 27.2 Å². The highest BCUT2D eigenvalue weighted by molar-refractivity contribution is 7.92. The van der Waals surface area contributed by atoms with Gasteiger partial charge in [-0.1, -0.05) is 0 Å². The lowest BCUT2D eigenvalue weighted by atomic mass is 9.94. The Morgan fingerprint density at radius 3 is 2.48 bits per heavy atom. The fourth-order valence-corrected chi connectivity index (χ4v) is 4.40. The van der Waals surface area contributed by atoms with E-state index in [0.717, 1.165) is 9.87 Å². The van der Waals surface area contributed by atoms with Gasteiger partial charge < -0.3 is 9.47 Å². The van der Waals surface area contributed by atoms with Crippen LogP contribution in [0.1, 0.15) is 25.5 Å². The van der Waals surface area contributed by atoms with Crippen LogP contribution < -0.4 is 9.04 Å². The van der Waals surface area contributed by atoms with Crippen molar-refractivity contribution in [3.63, 3.8) is 0 Å². The molecule has 1 saturated heterocycles. The third kappa shape index (κ3) is 2.58. The summed E-state index contributed by atoms with van der Waals surface area (Å²) in [6.07, 6.45) is -0.196. The van der Waals surface area contributed by atoms with Gasteiger partial charge in [-0.05, 0) is 56.3 Å². The maximum atomic E-state index is 13.1. The smallest absolute Gasteiger partial charge is 0.264 e. The third-order valence-corrected chi connectivity index (χ3v) is 6.47. The molecule has 2 aromatic rings. The van der Waals surface area contributed by atoms with Crippen molar-refractivity contribution in [1.29, 1.82) is 0 Å². The first-order valence-electron chi connectivity index (χ1n) is 7.93. The SMILES string of the molecule is CN(c1ccc(F)cc1)S(=O)(=O)c1ccc2c(c1)C1OC1C(C)(C)O2. The Morgan fingerprint density at radius 1 is 1.12 bits per heavy atom. The molecular formula is C18H18FNO4S. The van der Waals surface area contributed by atoms with E-state index in [1.54, 1.807) is 12.1 Å². The Morgan fingerprint density at radius 2 is 1.80 bits per heavy atom.